The molecule has 5 nitrogen and oxygen atoms in total. The number of halogens is 1. The third-order valence-corrected chi connectivity index (χ3v) is 3.58. The molecule has 0 atom stereocenters. The van der Waals surface area contributed by atoms with Crippen LogP contribution in [0.3, 0.4) is 0 Å². The van der Waals surface area contributed by atoms with Gasteiger partial charge in [0, 0.05) is 18.8 Å². The molecule has 1 aromatic rings. The van der Waals surface area contributed by atoms with Crippen LogP contribution < -0.4 is 11.1 Å². The molecule has 1 aromatic heterocycles. The van der Waals surface area contributed by atoms with E-state index in [9.17, 15) is 4.79 Å². The number of nitrogens with two attached hydrogens (primary N) is 1. The zero-order valence-electron chi connectivity index (χ0n) is 10.8. The fraction of sp³-hybridized carbons (Fsp3) is 0.538. The van der Waals surface area contributed by atoms with Crippen LogP contribution in [0, 0.1) is 0 Å². The summed E-state index contributed by atoms with van der Waals surface area (Å²) in [5, 5.41) is 3.80. The van der Waals surface area contributed by atoms with Crippen molar-refractivity contribution in [2.45, 2.75) is 25.4 Å². The third-order valence-electron chi connectivity index (χ3n) is 3.36. The van der Waals surface area contributed by atoms with E-state index in [0.29, 0.717) is 17.7 Å². The lowest BCUT2D eigenvalue weighted by atomic mass is 10.0. The van der Waals surface area contributed by atoms with Crippen LogP contribution in [0.2, 0.25) is 5.15 Å². The second-order valence-electron chi connectivity index (χ2n) is 4.84. The number of carbonyl (C=O) groups is 1. The van der Waals surface area contributed by atoms with Gasteiger partial charge < -0.3 is 11.1 Å². The Morgan fingerprint density at radius 3 is 2.79 bits per heavy atom. The molecule has 0 saturated carbocycles. The molecule has 1 aliphatic heterocycles. The largest absolute Gasteiger partial charge is 0.369 e. The zero-order chi connectivity index (χ0) is 13.7. The molecule has 1 fully saturated rings. The van der Waals surface area contributed by atoms with Gasteiger partial charge in [-0.05, 0) is 37.6 Å². The average molecular weight is 283 g/mol. The fourth-order valence-electron chi connectivity index (χ4n) is 2.42. The van der Waals surface area contributed by atoms with Crippen LogP contribution in [0.25, 0.3) is 0 Å². The lowest BCUT2D eigenvalue weighted by Crippen LogP contribution is -2.46. The Morgan fingerprint density at radius 2 is 2.21 bits per heavy atom. The molecule has 3 N–H and O–H groups in total. The molecule has 1 amide bonds. The summed E-state index contributed by atoms with van der Waals surface area (Å²) in [6, 6.07) is 4.09. The van der Waals surface area contributed by atoms with E-state index in [4.69, 9.17) is 17.3 Å². The van der Waals surface area contributed by atoms with Crippen LogP contribution in [0.15, 0.2) is 18.3 Å². The second-order valence-corrected chi connectivity index (χ2v) is 5.23. The number of nitrogens with one attached hydrogen (secondary N) is 1. The molecular weight excluding hydrogens is 264 g/mol. The number of amides is 1. The first-order valence-electron chi connectivity index (χ1n) is 6.48. The first-order chi connectivity index (χ1) is 9.15. The lowest BCUT2D eigenvalue weighted by Gasteiger charge is -2.33. The highest BCUT2D eigenvalue weighted by atomic mass is 35.5. The van der Waals surface area contributed by atoms with Gasteiger partial charge in [0.25, 0.3) is 0 Å². The molecule has 1 saturated heterocycles. The van der Waals surface area contributed by atoms with Gasteiger partial charge in [-0.25, -0.2) is 4.98 Å². The SMILES string of the molecule is NC(=O)CN(Cc1ccc(Cl)nc1)C1CCNCC1. The van der Waals surface area contributed by atoms with Gasteiger partial charge in [-0.2, -0.15) is 0 Å². The molecule has 0 radical (unpaired) electrons. The molecule has 0 bridgehead atoms. The van der Waals surface area contributed by atoms with Gasteiger partial charge in [-0.1, -0.05) is 17.7 Å². The minimum Gasteiger partial charge on any atom is -0.369 e. The number of nitrogens with zero attached hydrogens (tertiary/aromatic N) is 2. The Morgan fingerprint density at radius 1 is 1.47 bits per heavy atom. The molecule has 6 heteroatoms. The van der Waals surface area contributed by atoms with E-state index in [2.05, 4.69) is 15.2 Å². The van der Waals surface area contributed by atoms with E-state index in [1.807, 2.05) is 6.07 Å². The molecule has 104 valence electrons. The normalized spacial score (nSPS) is 16.7. The van der Waals surface area contributed by atoms with E-state index in [0.717, 1.165) is 31.5 Å². The van der Waals surface area contributed by atoms with Crippen molar-refractivity contribution < 1.29 is 4.79 Å². The number of hydrogen-bond acceptors (Lipinski definition) is 4. The van der Waals surface area contributed by atoms with E-state index >= 15 is 0 Å². The smallest absolute Gasteiger partial charge is 0.231 e. The molecular formula is C13H19ClN4O. The van der Waals surface area contributed by atoms with Crippen LogP contribution >= 0.6 is 11.6 Å². The summed E-state index contributed by atoms with van der Waals surface area (Å²) in [5.41, 5.74) is 6.39. The Bertz CT molecular complexity index is 417. The molecule has 2 heterocycles. The summed E-state index contributed by atoms with van der Waals surface area (Å²) in [4.78, 5) is 17.4. The van der Waals surface area contributed by atoms with Gasteiger partial charge in [-0.15, -0.1) is 0 Å². The van der Waals surface area contributed by atoms with Crippen LogP contribution in [-0.2, 0) is 11.3 Å². The Balaban J connectivity index is 2.03. The van der Waals surface area contributed by atoms with Crippen LogP contribution in [0.5, 0.6) is 0 Å². The van der Waals surface area contributed by atoms with Gasteiger partial charge in [0.05, 0.1) is 6.54 Å². The monoisotopic (exact) mass is 282 g/mol. The number of hydrogen-bond donors (Lipinski definition) is 2. The van der Waals surface area contributed by atoms with Gasteiger partial charge in [0.1, 0.15) is 5.15 Å². The molecule has 19 heavy (non-hydrogen) atoms. The van der Waals surface area contributed by atoms with Crippen molar-refractivity contribution in [2.24, 2.45) is 5.73 Å². The number of carbonyl (C=O) groups excluding carboxylic acids is 1. The summed E-state index contributed by atoms with van der Waals surface area (Å²) >= 11 is 5.77. The van der Waals surface area contributed by atoms with Gasteiger partial charge in [-0.3, -0.25) is 9.69 Å². The highest BCUT2D eigenvalue weighted by Crippen LogP contribution is 2.15. The van der Waals surface area contributed by atoms with E-state index < -0.39 is 0 Å². The summed E-state index contributed by atoms with van der Waals surface area (Å²) in [7, 11) is 0. The van der Waals surface area contributed by atoms with Crippen molar-refractivity contribution >= 4 is 17.5 Å². The topological polar surface area (TPSA) is 71.2 Å². The third kappa shape index (κ3) is 4.45. The predicted octanol–water partition coefficient (Wildman–Crippen LogP) is 0.774. The molecule has 1 aliphatic rings. The van der Waals surface area contributed by atoms with Crippen molar-refractivity contribution in [3.8, 4) is 0 Å². The minimum atomic E-state index is -0.291. The predicted molar refractivity (Wildman–Crippen MR) is 74.7 cm³/mol. The summed E-state index contributed by atoms with van der Waals surface area (Å²) in [6.45, 7) is 2.93. The highest BCUT2D eigenvalue weighted by Gasteiger charge is 2.22. The molecule has 0 spiro atoms. The number of piperidine rings is 1. The van der Waals surface area contributed by atoms with Gasteiger partial charge in [0.2, 0.25) is 5.91 Å². The average Bonchev–Trinajstić information content (AvgIpc) is 2.41. The van der Waals surface area contributed by atoms with Crippen LogP contribution in [0.1, 0.15) is 18.4 Å². The Hall–Kier alpha value is -1.17. The molecule has 2 rings (SSSR count). The molecule has 0 aliphatic carbocycles. The maximum Gasteiger partial charge on any atom is 0.231 e. The zero-order valence-corrected chi connectivity index (χ0v) is 11.6. The minimum absolute atomic E-state index is 0.285. The Labute approximate surface area is 118 Å². The van der Waals surface area contributed by atoms with E-state index in [1.54, 1.807) is 12.3 Å². The molecule has 0 unspecified atom stereocenters. The van der Waals surface area contributed by atoms with Crippen LogP contribution in [0.4, 0.5) is 0 Å². The standard InChI is InChI=1S/C13H19ClN4O/c14-12-2-1-10(7-17-12)8-18(9-13(15)19)11-3-5-16-6-4-11/h1-2,7,11,16H,3-6,8-9H2,(H2,15,19). The number of rotatable bonds is 5. The van der Waals surface area contributed by atoms with Gasteiger partial charge >= 0.3 is 0 Å². The van der Waals surface area contributed by atoms with Crippen molar-refractivity contribution in [3.63, 3.8) is 0 Å². The maximum atomic E-state index is 11.2. The second kappa shape index (κ2) is 6.84. The number of aromatic nitrogens is 1. The fourth-order valence-corrected chi connectivity index (χ4v) is 2.53. The molecule has 0 aromatic carbocycles. The summed E-state index contributed by atoms with van der Waals surface area (Å²) in [6.07, 6.45) is 3.82. The number of pyridine rings is 1. The van der Waals surface area contributed by atoms with Crippen LogP contribution in [-0.4, -0.2) is 41.5 Å². The first kappa shape index (κ1) is 14.2. The van der Waals surface area contributed by atoms with Crippen molar-refractivity contribution in [1.82, 2.24) is 15.2 Å². The maximum absolute atomic E-state index is 11.2. The summed E-state index contributed by atoms with van der Waals surface area (Å²) < 4.78 is 0. The van der Waals surface area contributed by atoms with Gasteiger partial charge in [0.15, 0.2) is 0 Å². The summed E-state index contributed by atoms with van der Waals surface area (Å²) in [5.74, 6) is -0.291. The van der Waals surface area contributed by atoms with Crippen molar-refractivity contribution in [3.05, 3.63) is 29.0 Å². The van der Waals surface area contributed by atoms with Crippen molar-refractivity contribution in [1.29, 1.82) is 0 Å². The van der Waals surface area contributed by atoms with E-state index in [1.165, 1.54) is 0 Å². The quantitative estimate of drug-likeness (QED) is 0.783. The number of primary amides is 1. The Kier molecular flexibility index (Phi) is 5.13. The lowest BCUT2D eigenvalue weighted by molar-refractivity contribution is -0.120. The van der Waals surface area contributed by atoms with Crippen molar-refractivity contribution in [2.75, 3.05) is 19.6 Å². The first-order valence-corrected chi connectivity index (χ1v) is 6.86. The highest BCUT2D eigenvalue weighted by molar-refractivity contribution is 6.29. The van der Waals surface area contributed by atoms with E-state index in [-0.39, 0.29) is 12.5 Å².